The van der Waals surface area contributed by atoms with Crippen LogP contribution in [-0.2, 0) is 9.59 Å². The molecule has 2 amide bonds. The maximum atomic E-state index is 12.5. The van der Waals surface area contributed by atoms with Gasteiger partial charge in [0.25, 0.3) is 0 Å². The first-order valence-corrected chi connectivity index (χ1v) is 9.85. The van der Waals surface area contributed by atoms with Crippen molar-refractivity contribution in [2.45, 2.75) is 33.7 Å². The van der Waals surface area contributed by atoms with Crippen molar-refractivity contribution in [1.82, 2.24) is 10.2 Å². The van der Waals surface area contributed by atoms with E-state index in [2.05, 4.69) is 36.6 Å². The number of amides is 2. The number of likely N-dealkylation sites (N-methyl/N-ethyl adjacent to an activating group) is 1. The van der Waals surface area contributed by atoms with Crippen LogP contribution >= 0.6 is 0 Å². The quantitative estimate of drug-likeness (QED) is 0.680. The molecular weight excluding hydrogens is 366 g/mol. The molecule has 0 heterocycles. The van der Waals surface area contributed by atoms with Crippen LogP contribution in [0.15, 0.2) is 42.5 Å². The number of benzene rings is 2. The van der Waals surface area contributed by atoms with Gasteiger partial charge in [-0.1, -0.05) is 31.2 Å². The number of hydrogen-bond donors (Lipinski definition) is 2. The summed E-state index contributed by atoms with van der Waals surface area (Å²) in [6.07, 6.45) is 0. The van der Waals surface area contributed by atoms with E-state index in [1.54, 1.807) is 24.1 Å². The predicted octanol–water partition coefficient (Wildman–Crippen LogP) is 3.45. The van der Waals surface area contributed by atoms with Crippen LogP contribution in [0.4, 0.5) is 5.69 Å². The molecule has 0 aliphatic heterocycles. The number of nitrogens with one attached hydrogen (secondary N) is 2. The molecule has 6 heteroatoms. The van der Waals surface area contributed by atoms with Crippen molar-refractivity contribution in [3.63, 3.8) is 0 Å². The SMILES string of the molecule is CCN(CC(=O)Nc1cccc(OC)c1)CC(=O)NC(C)c1ccc(C)c(C)c1. The molecule has 0 fully saturated rings. The highest BCUT2D eigenvalue weighted by atomic mass is 16.5. The van der Waals surface area contributed by atoms with Gasteiger partial charge in [0.1, 0.15) is 5.75 Å². The van der Waals surface area contributed by atoms with Gasteiger partial charge in [0.2, 0.25) is 11.8 Å². The van der Waals surface area contributed by atoms with Crippen LogP contribution in [0.1, 0.15) is 36.6 Å². The Kier molecular flexibility index (Phi) is 8.21. The molecule has 2 aromatic rings. The Balaban J connectivity index is 1.88. The van der Waals surface area contributed by atoms with Gasteiger partial charge in [-0.25, -0.2) is 0 Å². The lowest BCUT2D eigenvalue weighted by Gasteiger charge is -2.21. The van der Waals surface area contributed by atoms with E-state index in [1.165, 1.54) is 11.1 Å². The highest BCUT2D eigenvalue weighted by Crippen LogP contribution is 2.17. The molecule has 29 heavy (non-hydrogen) atoms. The zero-order valence-electron chi connectivity index (χ0n) is 17.9. The Hall–Kier alpha value is -2.86. The number of anilines is 1. The molecule has 0 saturated carbocycles. The van der Waals surface area contributed by atoms with Crippen LogP contribution in [0.3, 0.4) is 0 Å². The summed E-state index contributed by atoms with van der Waals surface area (Å²) < 4.78 is 5.16. The fourth-order valence-corrected chi connectivity index (χ4v) is 2.99. The van der Waals surface area contributed by atoms with Crippen LogP contribution < -0.4 is 15.4 Å². The van der Waals surface area contributed by atoms with Gasteiger partial charge in [0.05, 0.1) is 26.2 Å². The first-order chi connectivity index (χ1) is 13.8. The van der Waals surface area contributed by atoms with E-state index in [1.807, 2.05) is 32.0 Å². The second kappa shape index (κ2) is 10.6. The standard InChI is InChI=1S/C23H31N3O3/c1-6-26(15-23(28)25-20-8-7-9-21(13-20)29-5)14-22(27)24-18(4)19-11-10-16(2)17(3)12-19/h7-13,18H,6,14-15H2,1-5H3,(H,24,27)(H,25,28). The van der Waals surface area contributed by atoms with Crippen LogP contribution in [0.5, 0.6) is 5.75 Å². The Labute approximate surface area is 173 Å². The molecular formula is C23H31N3O3. The van der Waals surface area contributed by atoms with E-state index >= 15 is 0 Å². The van der Waals surface area contributed by atoms with Crippen molar-refractivity contribution in [1.29, 1.82) is 0 Å². The Morgan fingerprint density at radius 1 is 1.03 bits per heavy atom. The number of nitrogens with zero attached hydrogens (tertiary/aromatic N) is 1. The smallest absolute Gasteiger partial charge is 0.238 e. The minimum atomic E-state index is -0.171. The molecule has 0 aromatic heterocycles. The van der Waals surface area contributed by atoms with E-state index in [0.717, 1.165) is 5.56 Å². The van der Waals surface area contributed by atoms with Crippen LogP contribution in [0.2, 0.25) is 0 Å². The molecule has 0 radical (unpaired) electrons. The molecule has 2 N–H and O–H groups in total. The molecule has 0 saturated heterocycles. The van der Waals surface area contributed by atoms with Gasteiger partial charge in [-0.15, -0.1) is 0 Å². The van der Waals surface area contributed by atoms with E-state index in [9.17, 15) is 9.59 Å². The van der Waals surface area contributed by atoms with E-state index in [0.29, 0.717) is 18.0 Å². The summed E-state index contributed by atoms with van der Waals surface area (Å²) in [5.74, 6) is 0.400. The van der Waals surface area contributed by atoms with Crippen molar-refractivity contribution >= 4 is 17.5 Å². The van der Waals surface area contributed by atoms with Gasteiger partial charge in [-0.3, -0.25) is 14.5 Å². The minimum absolute atomic E-state index is 0.0916. The maximum Gasteiger partial charge on any atom is 0.238 e. The number of methoxy groups -OCH3 is 1. The highest BCUT2D eigenvalue weighted by Gasteiger charge is 2.16. The fraction of sp³-hybridized carbons (Fsp3) is 0.391. The molecule has 2 aromatic carbocycles. The number of aryl methyl sites for hydroxylation is 2. The summed E-state index contributed by atoms with van der Waals surface area (Å²) in [6.45, 7) is 8.92. The average Bonchev–Trinajstić information content (AvgIpc) is 2.69. The summed E-state index contributed by atoms with van der Waals surface area (Å²) in [5.41, 5.74) is 4.16. The Bertz CT molecular complexity index is 851. The number of carbonyl (C=O) groups is 2. The first-order valence-electron chi connectivity index (χ1n) is 9.85. The van der Waals surface area contributed by atoms with Gasteiger partial charge in [0.15, 0.2) is 0 Å². The number of rotatable bonds is 9. The van der Waals surface area contributed by atoms with Crippen LogP contribution in [-0.4, -0.2) is 43.5 Å². The molecule has 0 aliphatic rings. The lowest BCUT2D eigenvalue weighted by Crippen LogP contribution is -2.41. The number of ether oxygens (including phenoxy) is 1. The maximum absolute atomic E-state index is 12.5. The molecule has 2 rings (SSSR count). The number of carbonyl (C=O) groups excluding carboxylic acids is 2. The molecule has 6 nitrogen and oxygen atoms in total. The van der Waals surface area contributed by atoms with Gasteiger partial charge < -0.3 is 15.4 Å². The van der Waals surface area contributed by atoms with Crippen molar-refractivity contribution in [3.8, 4) is 5.75 Å². The highest BCUT2D eigenvalue weighted by molar-refractivity contribution is 5.92. The summed E-state index contributed by atoms with van der Waals surface area (Å²) in [5, 5.41) is 5.86. The van der Waals surface area contributed by atoms with Crippen molar-refractivity contribution in [2.75, 3.05) is 32.1 Å². The second-order valence-electron chi connectivity index (χ2n) is 7.22. The largest absolute Gasteiger partial charge is 0.497 e. The van der Waals surface area contributed by atoms with E-state index < -0.39 is 0 Å². The molecule has 156 valence electrons. The Morgan fingerprint density at radius 2 is 1.76 bits per heavy atom. The lowest BCUT2D eigenvalue weighted by atomic mass is 10.0. The molecule has 0 aliphatic carbocycles. The average molecular weight is 398 g/mol. The first kappa shape index (κ1) is 22.4. The third-order valence-electron chi connectivity index (χ3n) is 4.94. The minimum Gasteiger partial charge on any atom is -0.497 e. The number of hydrogen-bond acceptors (Lipinski definition) is 4. The van der Waals surface area contributed by atoms with Gasteiger partial charge >= 0.3 is 0 Å². The molecule has 0 spiro atoms. The molecule has 1 unspecified atom stereocenters. The summed E-state index contributed by atoms with van der Waals surface area (Å²) in [7, 11) is 1.58. The summed E-state index contributed by atoms with van der Waals surface area (Å²) in [6, 6.07) is 13.3. The molecule has 1 atom stereocenters. The zero-order valence-corrected chi connectivity index (χ0v) is 17.9. The topological polar surface area (TPSA) is 70.7 Å². The Morgan fingerprint density at radius 3 is 2.41 bits per heavy atom. The fourth-order valence-electron chi connectivity index (χ4n) is 2.99. The second-order valence-corrected chi connectivity index (χ2v) is 7.22. The van der Waals surface area contributed by atoms with Gasteiger partial charge in [-0.05, 0) is 56.1 Å². The third kappa shape index (κ3) is 6.91. The van der Waals surface area contributed by atoms with Gasteiger partial charge in [-0.2, -0.15) is 0 Å². The monoisotopic (exact) mass is 397 g/mol. The van der Waals surface area contributed by atoms with Crippen molar-refractivity contribution in [2.24, 2.45) is 0 Å². The van der Waals surface area contributed by atoms with Crippen molar-refractivity contribution < 1.29 is 14.3 Å². The van der Waals surface area contributed by atoms with Crippen LogP contribution in [0.25, 0.3) is 0 Å². The van der Waals surface area contributed by atoms with E-state index in [4.69, 9.17) is 4.74 Å². The van der Waals surface area contributed by atoms with Crippen LogP contribution in [0, 0.1) is 13.8 Å². The predicted molar refractivity (Wildman–Crippen MR) is 116 cm³/mol. The zero-order chi connectivity index (χ0) is 21.4. The lowest BCUT2D eigenvalue weighted by molar-refractivity contribution is -0.123. The summed E-state index contributed by atoms with van der Waals surface area (Å²) in [4.78, 5) is 26.6. The van der Waals surface area contributed by atoms with E-state index in [-0.39, 0.29) is 30.9 Å². The van der Waals surface area contributed by atoms with Gasteiger partial charge in [0, 0.05) is 11.8 Å². The van der Waals surface area contributed by atoms with Crippen molar-refractivity contribution in [3.05, 3.63) is 59.2 Å². The summed E-state index contributed by atoms with van der Waals surface area (Å²) >= 11 is 0. The normalized spacial score (nSPS) is 11.8. The molecule has 0 bridgehead atoms. The third-order valence-corrected chi connectivity index (χ3v) is 4.94.